The highest BCUT2D eigenvalue weighted by atomic mass is 32.2. The van der Waals surface area contributed by atoms with Gasteiger partial charge in [-0.15, -0.1) is 0 Å². The first kappa shape index (κ1) is 15.2. The van der Waals surface area contributed by atoms with Gasteiger partial charge in [0.2, 0.25) is 9.84 Å². The molecule has 0 bridgehead atoms. The molecule has 0 spiro atoms. The first-order valence-electron chi connectivity index (χ1n) is 4.81. The molecule has 0 unspecified atom stereocenters. The van der Waals surface area contributed by atoms with Crippen LogP contribution >= 0.6 is 0 Å². The van der Waals surface area contributed by atoms with E-state index in [1.165, 1.54) is 7.11 Å². The van der Waals surface area contributed by atoms with E-state index in [0.29, 0.717) is 0 Å². The van der Waals surface area contributed by atoms with E-state index >= 15 is 0 Å². The van der Waals surface area contributed by atoms with E-state index in [2.05, 4.69) is 15.0 Å². The summed E-state index contributed by atoms with van der Waals surface area (Å²) >= 11 is 0. The van der Waals surface area contributed by atoms with Crippen LogP contribution in [0.15, 0.2) is 32.9 Å². The maximum atomic E-state index is 12.5. The summed E-state index contributed by atoms with van der Waals surface area (Å²) in [6.07, 6.45) is -1.38. The molecule has 19 heavy (non-hydrogen) atoms. The average molecular weight is 298 g/mol. The van der Waals surface area contributed by atoms with Gasteiger partial charge in [0.25, 0.3) is 0 Å². The largest absolute Gasteiger partial charge is 0.427 e. The zero-order valence-corrected chi connectivity index (χ0v) is 10.5. The van der Waals surface area contributed by atoms with Crippen LogP contribution in [0.2, 0.25) is 0 Å². The Morgan fingerprint density at radius 3 is 2.79 bits per heavy atom. The molecule has 0 aliphatic carbocycles. The number of sulfone groups is 1. The van der Waals surface area contributed by atoms with Gasteiger partial charge < -0.3 is 9.25 Å². The number of allylic oxidation sites excluding steroid dienone is 1. The molecule has 0 N–H and O–H groups in total. The Hall–Kier alpha value is -1.84. The molecule has 106 valence electrons. The molecule has 0 saturated heterocycles. The minimum Gasteiger partial charge on any atom is -0.427 e. The number of hydrogen-bond donors (Lipinski definition) is 0. The summed E-state index contributed by atoms with van der Waals surface area (Å²) in [5, 5.41) is 2.62. The maximum absolute atomic E-state index is 12.5. The Morgan fingerprint density at radius 1 is 1.53 bits per heavy atom. The van der Waals surface area contributed by atoms with Gasteiger partial charge in [-0.1, -0.05) is 5.16 Å². The van der Waals surface area contributed by atoms with Crippen LogP contribution in [0.3, 0.4) is 0 Å². The molecule has 0 radical (unpaired) electrons. The molecule has 1 heterocycles. The summed E-state index contributed by atoms with van der Waals surface area (Å²) in [5.41, 5.74) is 0. The Bertz CT molecular complexity index is 590. The number of oxime groups is 1. The monoisotopic (exact) mass is 298 g/mol. The highest BCUT2D eigenvalue weighted by molar-refractivity contribution is 7.91. The molecule has 0 saturated carbocycles. The van der Waals surface area contributed by atoms with Gasteiger partial charge in [0.15, 0.2) is 11.6 Å². The molecule has 0 fully saturated rings. The first-order valence-corrected chi connectivity index (χ1v) is 6.47. The van der Waals surface area contributed by atoms with Crippen LogP contribution in [0.25, 0.3) is 0 Å². The molecular formula is C9H9F3N2O4S. The maximum Gasteiger partial charge on any atom is 0.315 e. The molecule has 0 amide bonds. The second-order valence-corrected chi connectivity index (χ2v) is 5.17. The number of rotatable bonds is 6. The van der Waals surface area contributed by atoms with Crippen molar-refractivity contribution in [1.29, 1.82) is 0 Å². The van der Waals surface area contributed by atoms with Crippen LogP contribution in [-0.4, -0.2) is 32.5 Å². The Morgan fingerprint density at radius 2 is 2.21 bits per heavy atom. The third-order valence-electron chi connectivity index (χ3n) is 1.85. The molecule has 10 heteroatoms. The molecule has 0 aromatic carbocycles. The Balaban J connectivity index is 2.81. The average Bonchev–Trinajstić information content (AvgIpc) is 2.82. The fraction of sp³-hybridized carbons (Fsp3) is 0.333. The van der Waals surface area contributed by atoms with E-state index in [1.807, 2.05) is 0 Å². The Labute approximate surface area is 106 Å². The highest BCUT2D eigenvalue weighted by Gasteiger charge is 2.22. The molecule has 1 rings (SSSR count). The van der Waals surface area contributed by atoms with Gasteiger partial charge in [-0.3, -0.25) is 0 Å². The smallest absolute Gasteiger partial charge is 0.315 e. The fourth-order valence-electron chi connectivity index (χ4n) is 0.984. The molecule has 0 aliphatic rings. The van der Waals surface area contributed by atoms with Gasteiger partial charge >= 0.3 is 11.3 Å². The third-order valence-corrected chi connectivity index (χ3v) is 3.31. The van der Waals surface area contributed by atoms with Crippen molar-refractivity contribution >= 4 is 16.1 Å². The topological polar surface area (TPSA) is 81.8 Å². The summed E-state index contributed by atoms with van der Waals surface area (Å²) in [6, 6.07) is 0. The number of halogens is 3. The van der Waals surface area contributed by atoms with Gasteiger partial charge in [0, 0.05) is 6.42 Å². The lowest BCUT2D eigenvalue weighted by Crippen LogP contribution is -2.07. The number of aromatic nitrogens is 1. The number of hydrogen-bond acceptors (Lipinski definition) is 6. The van der Waals surface area contributed by atoms with E-state index in [9.17, 15) is 21.6 Å². The predicted octanol–water partition coefficient (Wildman–Crippen LogP) is 1.90. The van der Waals surface area contributed by atoms with Crippen molar-refractivity contribution in [3.63, 3.8) is 0 Å². The van der Waals surface area contributed by atoms with Crippen LogP contribution in [0.5, 0.6) is 0 Å². The summed E-state index contributed by atoms with van der Waals surface area (Å²) in [5.74, 6) is -2.67. The van der Waals surface area contributed by atoms with Gasteiger partial charge in [-0.2, -0.15) is 8.78 Å². The van der Waals surface area contributed by atoms with Crippen LogP contribution in [0, 0.1) is 0 Å². The van der Waals surface area contributed by atoms with Crippen molar-refractivity contribution in [2.24, 2.45) is 5.16 Å². The van der Waals surface area contributed by atoms with Crippen LogP contribution in [-0.2, 0) is 14.7 Å². The van der Waals surface area contributed by atoms with E-state index in [1.54, 1.807) is 0 Å². The van der Waals surface area contributed by atoms with Gasteiger partial charge in [-0.05, 0) is 0 Å². The van der Waals surface area contributed by atoms with Crippen molar-refractivity contribution in [3.8, 4) is 0 Å². The van der Waals surface area contributed by atoms with Gasteiger partial charge in [0.1, 0.15) is 13.3 Å². The second-order valence-electron chi connectivity index (χ2n) is 3.18. The summed E-state index contributed by atoms with van der Waals surface area (Å²) < 4.78 is 64.0. The summed E-state index contributed by atoms with van der Waals surface area (Å²) in [7, 11) is -2.81. The van der Waals surface area contributed by atoms with Crippen molar-refractivity contribution in [1.82, 2.24) is 4.98 Å². The first-order chi connectivity index (χ1) is 8.86. The summed E-state index contributed by atoms with van der Waals surface area (Å²) in [6.45, 7) is 0. The van der Waals surface area contributed by atoms with Crippen molar-refractivity contribution in [2.75, 3.05) is 12.9 Å². The van der Waals surface area contributed by atoms with Gasteiger partial charge in [0.05, 0.1) is 11.9 Å². The molecule has 1 aromatic heterocycles. The van der Waals surface area contributed by atoms with Crippen molar-refractivity contribution in [2.45, 2.75) is 11.6 Å². The van der Waals surface area contributed by atoms with E-state index in [0.717, 1.165) is 12.4 Å². The molecule has 6 nitrogen and oxygen atoms in total. The van der Waals surface area contributed by atoms with Crippen LogP contribution < -0.4 is 0 Å². The SMILES string of the molecule is CO/N=C/c1cnc(S(=O)(=O)CCC(F)=C(F)F)o1. The third kappa shape index (κ3) is 4.39. The van der Waals surface area contributed by atoms with E-state index < -0.39 is 39.1 Å². The predicted molar refractivity (Wildman–Crippen MR) is 58.1 cm³/mol. The molecule has 0 atom stereocenters. The zero-order chi connectivity index (χ0) is 14.5. The summed E-state index contributed by atoms with van der Waals surface area (Å²) in [4.78, 5) is 7.78. The van der Waals surface area contributed by atoms with E-state index in [-0.39, 0.29) is 5.76 Å². The number of nitrogens with zero attached hydrogens (tertiary/aromatic N) is 2. The minimum atomic E-state index is -4.08. The lowest BCUT2D eigenvalue weighted by atomic mass is 10.4. The zero-order valence-electron chi connectivity index (χ0n) is 9.64. The van der Waals surface area contributed by atoms with Crippen molar-refractivity contribution < 1.29 is 30.8 Å². The standard InChI is InChI=1S/C9H9F3N2O4S/c1-17-14-5-6-4-13-9(18-6)19(15,16)3-2-7(10)8(11)12/h4-5H,2-3H2,1H3/b14-5+. The molecular weight excluding hydrogens is 289 g/mol. The lowest BCUT2D eigenvalue weighted by molar-refractivity contribution is 0.214. The molecule has 0 aliphatic heterocycles. The Kier molecular flexibility index (Phi) is 5.10. The van der Waals surface area contributed by atoms with Crippen molar-refractivity contribution in [3.05, 3.63) is 23.9 Å². The highest BCUT2D eigenvalue weighted by Crippen LogP contribution is 2.17. The van der Waals surface area contributed by atoms with E-state index in [4.69, 9.17) is 4.42 Å². The molecule has 1 aromatic rings. The minimum absolute atomic E-state index is 0.00638. The quantitative estimate of drug-likeness (QED) is 0.591. The second kappa shape index (κ2) is 6.36. The fourth-order valence-corrected chi connectivity index (χ4v) is 2.04. The lowest BCUT2D eigenvalue weighted by Gasteiger charge is -1.97. The van der Waals surface area contributed by atoms with Gasteiger partial charge in [-0.25, -0.2) is 17.8 Å². The van der Waals surface area contributed by atoms with Crippen LogP contribution in [0.1, 0.15) is 12.2 Å². The number of oxazole rings is 1. The normalized spacial score (nSPS) is 11.8. The van der Waals surface area contributed by atoms with Crippen LogP contribution in [0.4, 0.5) is 13.2 Å².